The number of amides is 1. The predicted octanol–water partition coefficient (Wildman–Crippen LogP) is 6.19. The highest BCUT2D eigenvalue weighted by molar-refractivity contribution is 9.10. The summed E-state index contributed by atoms with van der Waals surface area (Å²) in [6.45, 7) is 2.60. The Morgan fingerprint density at radius 3 is 2.58 bits per heavy atom. The third-order valence-corrected chi connectivity index (χ3v) is 6.41. The van der Waals surface area contributed by atoms with E-state index in [-0.39, 0.29) is 11.4 Å². The molecule has 2 N–H and O–H groups in total. The zero-order valence-electron chi connectivity index (χ0n) is 17.1. The monoisotopic (exact) mass is 494 g/mol. The molecule has 158 valence electrons. The van der Waals surface area contributed by atoms with E-state index in [1.165, 1.54) is 17.3 Å². The van der Waals surface area contributed by atoms with Crippen molar-refractivity contribution in [3.05, 3.63) is 98.9 Å². The van der Waals surface area contributed by atoms with E-state index in [0.717, 1.165) is 33.5 Å². The van der Waals surface area contributed by atoms with Crippen LogP contribution in [-0.4, -0.2) is 11.4 Å². The quantitative estimate of drug-likeness (QED) is 0.384. The fourth-order valence-electron chi connectivity index (χ4n) is 3.19. The second kappa shape index (κ2) is 10.1. The van der Waals surface area contributed by atoms with E-state index in [0.29, 0.717) is 11.5 Å². The minimum Gasteiger partial charge on any atom is -0.488 e. The molecule has 1 atom stereocenters. The van der Waals surface area contributed by atoms with Crippen molar-refractivity contribution in [3.63, 3.8) is 0 Å². The van der Waals surface area contributed by atoms with Gasteiger partial charge in [-0.05, 0) is 54.0 Å². The topological polar surface area (TPSA) is 50.4 Å². The van der Waals surface area contributed by atoms with Gasteiger partial charge in [0.05, 0.1) is 4.91 Å². The number of rotatable bonds is 7. The number of halogens is 1. The van der Waals surface area contributed by atoms with Gasteiger partial charge in [-0.25, -0.2) is 0 Å². The molecule has 4 nitrogen and oxygen atoms in total. The molecule has 0 saturated carbocycles. The molecule has 31 heavy (non-hydrogen) atoms. The van der Waals surface area contributed by atoms with Crippen LogP contribution in [0.3, 0.4) is 0 Å². The number of ether oxygens (including phenoxy) is 1. The molecule has 1 heterocycles. The third-order valence-electron chi connectivity index (χ3n) is 4.89. The molecular weight excluding hydrogens is 472 g/mol. The second-order valence-electron chi connectivity index (χ2n) is 7.13. The summed E-state index contributed by atoms with van der Waals surface area (Å²) in [7, 11) is 0. The summed E-state index contributed by atoms with van der Waals surface area (Å²) in [5.41, 5.74) is 4.00. The SMILES string of the molecule is CCc1ccc(N[C@@H]2NC(=O)/C(=C/c3cc(Br)ccc3OCc3ccccc3)S2)cc1. The number of carbonyl (C=O) groups excluding carboxylic acids is 1. The highest BCUT2D eigenvalue weighted by Gasteiger charge is 2.27. The van der Waals surface area contributed by atoms with Crippen LogP contribution < -0.4 is 15.4 Å². The smallest absolute Gasteiger partial charge is 0.260 e. The number of nitrogens with one attached hydrogen (secondary N) is 2. The van der Waals surface area contributed by atoms with Crippen molar-refractivity contribution in [1.29, 1.82) is 0 Å². The van der Waals surface area contributed by atoms with Gasteiger partial charge in [-0.3, -0.25) is 4.79 Å². The third kappa shape index (κ3) is 5.71. The van der Waals surface area contributed by atoms with Crippen molar-refractivity contribution in [2.24, 2.45) is 0 Å². The van der Waals surface area contributed by atoms with E-state index >= 15 is 0 Å². The van der Waals surface area contributed by atoms with Gasteiger partial charge in [0, 0.05) is 15.7 Å². The maximum absolute atomic E-state index is 12.6. The number of hydrogen-bond acceptors (Lipinski definition) is 4. The predicted molar refractivity (Wildman–Crippen MR) is 132 cm³/mol. The molecule has 4 rings (SSSR count). The number of benzene rings is 3. The van der Waals surface area contributed by atoms with Gasteiger partial charge < -0.3 is 15.4 Å². The van der Waals surface area contributed by atoms with Crippen molar-refractivity contribution >= 4 is 45.4 Å². The van der Waals surface area contributed by atoms with E-state index < -0.39 is 0 Å². The molecule has 1 fully saturated rings. The summed E-state index contributed by atoms with van der Waals surface area (Å²) < 4.78 is 6.98. The summed E-state index contributed by atoms with van der Waals surface area (Å²) in [5.74, 6) is 0.640. The summed E-state index contributed by atoms with van der Waals surface area (Å²) in [5, 5.41) is 6.35. The summed E-state index contributed by atoms with van der Waals surface area (Å²) >= 11 is 4.99. The van der Waals surface area contributed by atoms with E-state index in [2.05, 4.69) is 45.6 Å². The Bertz CT molecular complexity index is 1080. The minimum absolute atomic E-state index is 0.0957. The van der Waals surface area contributed by atoms with E-state index in [9.17, 15) is 4.79 Å². The lowest BCUT2D eigenvalue weighted by Gasteiger charge is -2.13. The van der Waals surface area contributed by atoms with Crippen molar-refractivity contribution in [2.75, 3.05) is 5.32 Å². The lowest BCUT2D eigenvalue weighted by atomic mass is 10.1. The molecule has 0 aromatic heterocycles. The second-order valence-corrected chi connectivity index (χ2v) is 9.19. The molecule has 0 aliphatic carbocycles. The van der Waals surface area contributed by atoms with Gasteiger partial charge in [-0.1, -0.05) is 77.1 Å². The van der Waals surface area contributed by atoms with Crippen LogP contribution in [0.2, 0.25) is 0 Å². The van der Waals surface area contributed by atoms with Crippen LogP contribution in [-0.2, 0) is 17.8 Å². The molecule has 0 spiro atoms. The number of carbonyl (C=O) groups is 1. The minimum atomic E-state index is -0.216. The molecule has 3 aromatic rings. The first kappa shape index (κ1) is 21.5. The Morgan fingerprint density at radius 2 is 1.84 bits per heavy atom. The lowest BCUT2D eigenvalue weighted by Crippen LogP contribution is -2.30. The van der Waals surface area contributed by atoms with Crippen LogP contribution in [0.1, 0.15) is 23.6 Å². The highest BCUT2D eigenvalue weighted by atomic mass is 79.9. The van der Waals surface area contributed by atoms with Gasteiger partial charge in [-0.15, -0.1) is 0 Å². The van der Waals surface area contributed by atoms with Gasteiger partial charge in [0.15, 0.2) is 5.50 Å². The fraction of sp³-hybridized carbons (Fsp3) is 0.160. The largest absolute Gasteiger partial charge is 0.488 e. The number of aryl methyl sites for hydroxylation is 1. The number of thioether (sulfide) groups is 1. The normalized spacial score (nSPS) is 16.9. The standard InChI is InChI=1S/C25H23BrN2O2S/c1-2-17-8-11-21(12-9-17)27-25-28-24(29)23(31-25)15-19-14-20(26)10-13-22(19)30-16-18-6-4-3-5-7-18/h3-15,25,27H,2,16H2,1H3,(H,28,29)/b23-15-/t25-/m1/s1. The molecule has 3 aromatic carbocycles. The molecule has 1 amide bonds. The maximum Gasteiger partial charge on any atom is 0.260 e. The number of hydrogen-bond donors (Lipinski definition) is 2. The van der Waals surface area contributed by atoms with Crippen LogP contribution >= 0.6 is 27.7 Å². The molecule has 1 saturated heterocycles. The van der Waals surface area contributed by atoms with Gasteiger partial charge in [0.25, 0.3) is 5.91 Å². The maximum atomic E-state index is 12.6. The zero-order chi connectivity index (χ0) is 21.6. The molecule has 6 heteroatoms. The highest BCUT2D eigenvalue weighted by Crippen LogP contribution is 2.33. The average molecular weight is 495 g/mol. The van der Waals surface area contributed by atoms with E-state index in [1.54, 1.807) is 0 Å². The fourth-order valence-corrected chi connectivity index (χ4v) is 4.55. The van der Waals surface area contributed by atoms with Crippen LogP contribution in [0.4, 0.5) is 5.69 Å². The van der Waals surface area contributed by atoms with Crippen LogP contribution in [0.25, 0.3) is 6.08 Å². The van der Waals surface area contributed by atoms with Crippen molar-refractivity contribution in [3.8, 4) is 5.75 Å². The first-order valence-corrected chi connectivity index (χ1v) is 11.8. The molecule has 0 radical (unpaired) electrons. The average Bonchev–Trinajstić information content (AvgIpc) is 3.13. The number of anilines is 1. The van der Waals surface area contributed by atoms with Gasteiger partial charge in [0.1, 0.15) is 12.4 Å². The van der Waals surface area contributed by atoms with E-state index in [1.807, 2.05) is 66.7 Å². The molecular formula is C25H23BrN2O2S. The van der Waals surface area contributed by atoms with Crippen LogP contribution in [0, 0.1) is 0 Å². The van der Waals surface area contributed by atoms with Gasteiger partial charge in [0.2, 0.25) is 0 Å². The Morgan fingerprint density at radius 1 is 1.06 bits per heavy atom. The van der Waals surface area contributed by atoms with Crippen LogP contribution in [0.5, 0.6) is 5.75 Å². The summed E-state index contributed by atoms with van der Waals surface area (Å²) in [6.07, 6.45) is 2.89. The molecule has 1 aliphatic heterocycles. The Labute approximate surface area is 195 Å². The van der Waals surface area contributed by atoms with Crippen molar-refractivity contribution in [2.45, 2.75) is 25.4 Å². The zero-order valence-corrected chi connectivity index (χ0v) is 19.5. The lowest BCUT2D eigenvalue weighted by molar-refractivity contribution is -0.116. The molecule has 1 aliphatic rings. The first-order valence-electron chi connectivity index (χ1n) is 10.1. The van der Waals surface area contributed by atoms with Gasteiger partial charge >= 0.3 is 0 Å². The molecule has 0 bridgehead atoms. The Balaban J connectivity index is 1.48. The van der Waals surface area contributed by atoms with Crippen molar-refractivity contribution in [1.82, 2.24) is 5.32 Å². The summed E-state index contributed by atoms with van der Waals surface area (Å²) in [4.78, 5) is 13.2. The van der Waals surface area contributed by atoms with E-state index in [4.69, 9.17) is 4.74 Å². The Kier molecular flexibility index (Phi) is 6.99. The Hall–Kier alpha value is -2.70. The molecule has 0 unspecified atom stereocenters. The van der Waals surface area contributed by atoms with Gasteiger partial charge in [-0.2, -0.15) is 0 Å². The van der Waals surface area contributed by atoms with Crippen molar-refractivity contribution < 1.29 is 9.53 Å². The summed E-state index contributed by atoms with van der Waals surface area (Å²) in [6, 6.07) is 24.1. The first-order chi connectivity index (χ1) is 15.1. The van der Waals surface area contributed by atoms with Crippen LogP contribution in [0.15, 0.2) is 82.2 Å².